The topological polar surface area (TPSA) is 49.9 Å². The summed E-state index contributed by atoms with van der Waals surface area (Å²) < 4.78 is 5.86. The second-order valence-electron chi connectivity index (χ2n) is 7.26. The number of fused-ring (bicyclic) bond motifs is 2. The van der Waals surface area contributed by atoms with Gasteiger partial charge < -0.3 is 14.5 Å². The van der Waals surface area contributed by atoms with E-state index < -0.39 is 0 Å². The van der Waals surface area contributed by atoms with Crippen molar-refractivity contribution in [1.29, 1.82) is 0 Å². The molecule has 5 nitrogen and oxygen atoms in total. The minimum absolute atomic E-state index is 0.0955. The number of likely N-dealkylation sites (N-methyl/N-ethyl adjacent to an activating group) is 1. The minimum Gasteiger partial charge on any atom is -0.494 e. The molecular weight excluding hydrogens is 340 g/mol. The van der Waals surface area contributed by atoms with Crippen LogP contribution in [0.2, 0.25) is 0 Å². The van der Waals surface area contributed by atoms with Gasteiger partial charge in [-0.1, -0.05) is 24.3 Å². The predicted octanol–water partition coefficient (Wildman–Crippen LogP) is 2.48. The monoisotopic (exact) mass is 364 g/mol. The molecule has 0 aromatic heterocycles. The number of hydrogen-bond acceptors (Lipinski definition) is 5. The Morgan fingerprint density at radius 2 is 1.48 bits per heavy atom. The van der Waals surface area contributed by atoms with Crippen LogP contribution < -0.4 is 4.74 Å². The standard InChI is InChI=1S/C22H24N2O3/c1-23-10-12-24(13-11-23)9-4-14-27-16-7-8-19-20(15-16)22(26)18-6-3-2-5-17(18)21(19)25/h2-3,5-8,15H,4,9-14H2,1H3. The lowest BCUT2D eigenvalue weighted by Crippen LogP contribution is -2.44. The molecule has 1 saturated heterocycles. The predicted molar refractivity (Wildman–Crippen MR) is 104 cm³/mol. The molecule has 0 spiro atoms. The van der Waals surface area contributed by atoms with Crippen molar-refractivity contribution >= 4 is 11.6 Å². The molecular formula is C22H24N2O3. The van der Waals surface area contributed by atoms with Crippen LogP contribution in [0.5, 0.6) is 5.75 Å². The van der Waals surface area contributed by atoms with E-state index in [1.54, 1.807) is 42.5 Å². The smallest absolute Gasteiger partial charge is 0.194 e. The number of nitrogens with zero attached hydrogens (tertiary/aromatic N) is 2. The molecule has 1 fully saturated rings. The minimum atomic E-state index is -0.108. The largest absolute Gasteiger partial charge is 0.494 e. The van der Waals surface area contributed by atoms with Crippen LogP contribution in [0.25, 0.3) is 0 Å². The van der Waals surface area contributed by atoms with Crippen LogP contribution in [0.4, 0.5) is 0 Å². The van der Waals surface area contributed by atoms with Crippen molar-refractivity contribution in [2.24, 2.45) is 0 Å². The highest BCUT2D eigenvalue weighted by molar-refractivity contribution is 6.28. The lowest BCUT2D eigenvalue weighted by molar-refractivity contribution is 0.0978. The first-order valence-corrected chi connectivity index (χ1v) is 9.49. The molecule has 0 unspecified atom stereocenters. The van der Waals surface area contributed by atoms with Crippen LogP contribution in [0.1, 0.15) is 38.3 Å². The number of hydrogen-bond donors (Lipinski definition) is 0. The fraction of sp³-hybridized carbons (Fsp3) is 0.364. The second-order valence-corrected chi connectivity index (χ2v) is 7.26. The van der Waals surface area contributed by atoms with Gasteiger partial charge in [0.25, 0.3) is 0 Å². The summed E-state index contributed by atoms with van der Waals surface area (Å²) in [4.78, 5) is 30.2. The molecule has 140 valence electrons. The van der Waals surface area contributed by atoms with E-state index >= 15 is 0 Å². The lowest BCUT2D eigenvalue weighted by atomic mass is 9.84. The average Bonchev–Trinajstić information content (AvgIpc) is 2.70. The normalized spacial score (nSPS) is 17.5. The van der Waals surface area contributed by atoms with Crippen LogP contribution in [0, 0.1) is 0 Å². The Bertz CT molecular complexity index is 870. The molecule has 5 heteroatoms. The van der Waals surface area contributed by atoms with Gasteiger partial charge in [-0.15, -0.1) is 0 Å². The third kappa shape index (κ3) is 3.66. The Labute approximate surface area is 159 Å². The zero-order chi connectivity index (χ0) is 18.8. The van der Waals surface area contributed by atoms with E-state index in [0.29, 0.717) is 34.6 Å². The zero-order valence-corrected chi connectivity index (χ0v) is 15.6. The fourth-order valence-electron chi connectivity index (χ4n) is 3.72. The van der Waals surface area contributed by atoms with Crippen LogP contribution in [0.3, 0.4) is 0 Å². The van der Waals surface area contributed by atoms with Gasteiger partial charge in [0.15, 0.2) is 11.6 Å². The third-order valence-corrected chi connectivity index (χ3v) is 5.38. The number of rotatable bonds is 5. The molecule has 4 rings (SSSR count). The quantitative estimate of drug-likeness (QED) is 0.651. The number of carbonyl (C=O) groups is 2. The molecule has 1 aliphatic carbocycles. The number of piperazine rings is 1. The van der Waals surface area contributed by atoms with E-state index in [1.807, 2.05) is 0 Å². The van der Waals surface area contributed by atoms with Crippen molar-refractivity contribution in [3.05, 3.63) is 64.7 Å². The second kappa shape index (κ2) is 7.62. The van der Waals surface area contributed by atoms with Gasteiger partial charge in [-0.05, 0) is 31.7 Å². The maximum Gasteiger partial charge on any atom is 0.194 e. The molecule has 0 saturated carbocycles. The van der Waals surface area contributed by atoms with Gasteiger partial charge >= 0.3 is 0 Å². The molecule has 2 aromatic carbocycles. The van der Waals surface area contributed by atoms with Gasteiger partial charge in [0.1, 0.15) is 5.75 Å². The summed E-state index contributed by atoms with van der Waals surface area (Å²) in [6, 6.07) is 12.2. The highest BCUT2D eigenvalue weighted by Crippen LogP contribution is 2.29. The molecule has 2 aromatic rings. The third-order valence-electron chi connectivity index (χ3n) is 5.38. The molecule has 0 atom stereocenters. The first-order chi connectivity index (χ1) is 13.1. The van der Waals surface area contributed by atoms with E-state index in [-0.39, 0.29) is 11.6 Å². The highest BCUT2D eigenvalue weighted by Gasteiger charge is 2.29. The number of benzene rings is 2. The van der Waals surface area contributed by atoms with Crippen molar-refractivity contribution in [2.75, 3.05) is 46.4 Å². The molecule has 1 heterocycles. The van der Waals surface area contributed by atoms with Crippen molar-refractivity contribution in [3.63, 3.8) is 0 Å². The molecule has 2 aliphatic rings. The Hall–Kier alpha value is -2.50. The van der Waals surface area contributed by atoms with E-state index in [0.717, 1.165) is 39.1 Å². The summed E-state index contributed by atoms with van der Waals surface area (Å²) in [5, 5.41) is 0. The molecule has 1 aliphatic heterocycles. The van der Waals surface area contributed by atoms with Crippen molar-refractivity contribution in [1.82, 2.24) is 9.80 Å². The maximum atomic E-state index is 12.8. The van der Waals surface area contributed by atoms with Crippen molar-refractivity contribution in [2.45, 2.75) is 6.42 Å². The van der Waals surface area contributed by atoms with Gasteiger partial charge in [-0.25, -0.2) is 0 Å². The van der Waals surface area contributed by atoms with Crippen LogP contribution >= 0.6 is 0 Å². The van der Waals surface area contributed by atoms with Gasteiger partial charge in [-0.2, -0.15) is 0 Å². The zero-order valence-electron chi connectivity index (χ0n) is 15.6. The summed E-state index contributed by atoms with van der Waals surface area (Å²) in [5.41, 5.74) is 1.86. The molecule has 0 amide bonds. The van der Waals surface area contributed by atoms with E-state index in [9.17, 15) is 9.59 Å². The van der Waals surface area contributed by atoms with Crippen molar-refractivity contribution < 1.29 is 14.3 Å². The summed E-state index contributed by atoms with van der Waals surface area (Å²) in [6.07, 6.45) is 0.941. The fourth-order valence-corrected chi connectivity index (χ4v) is 3.72. The number of ketones is 2. The molecule has 0 radical (unpaired) electrons. The maximum absolute atomic E-state index is 12.8. The Kier molecular flexibility index (Phi) is 5.05. The van der Waals surface area contributed by atoms with E-state index in [1.165, 1.54) is 0 Å². The van der Waals surface area contributed by atoms with Gasteiger partial charge in [0.2, 0.25) is 0 Å². The van der Waals surface area contributed by atoms with Crippen molar-refractivity contribution in [3.8, 4) is 5.75 Å². The van der Waals surface area contributed by atoms with Crippen LogP contribution in [0.15, 0.2) is 42.5 Å². The highest BCUT2D eigenvalue weighted by atomic mass is 16.5. The van der Waals surface area contributed by atoms with Crippen LogP contribution in [-0.2, 0) is 0 Å². The number of ether oxygens (including phenoxy) is 1. The van der Waals surface area contributed by atoms with Crippen LogP contribution in [-0.4, -0.2) is 67.7 Å². The SMILES string of the molecule is CN1CCN(CCCOc2ccc3c(c2)C(=O)c2ccccc2C3=O)CC1. The van der Waals surface area contributed by atoms with Gasteiger partial charge in [0.05, 0.1) is 6.61 Å². The Morgan fingerprint density at radius 3 is 2.19 bits per heavy atom. The summed E-state index contributed by atoms with van der Waals surface area (Å²) in [7, 11) is 2.15. The summed E-state index contributed by atoms with van der Waals surface area (Å²) in [6.45, 7) is 6.05. The summed E-state index contributed by atoms with van der Waals surface area (Å²) >= 11 is 0. The lowest BCUT2D eigenvalue weighted by Gasteiger charge is -2.32. The van der Waals surface area contributed by atoms with E-state index in [4.69, 9.17) is 4.74 Å². The number of carbonyl (C=O) groups excluding carboxylic acids is 2. The first kappa shape index (κ1) is 17.9. The van der Waals surface area contributed by atoms with Gasteiger partial charge in [0, 0.05) is 55.0 Å². The molecule has 0 bridgehead atoms. The molecule has 0 N–H and O–H groups in total. The average molecular weight is 364 g/mol. The Balaban J connectivity index is 1.38. The molecule has 27 heavy (non-hydrogen) atoms. The first-order valence-electron chi connectivity index (χ1n) is 9.49. The Morgan fingerprint density at radius 1 is 0.852 bits per heavy atom. The van der Waals surface area contributed by atoms with Gasteiger partial charge in [-0.3, -0.25) is 9.59 Å². The summed E-state index contributed by atoms with van der Waals surface area (Å²) in [5.74, 6) is 0.442. The van der Waals surface area contributed by atoms with E-state index in [2.05, 4.69) is 16.8 Å².